The van der Waals surface area contributed by atoms with Crippen molar-refractivity contribution >= 4 is 17.5 Å². The molecule has 88 valence electrons. The van der Waals surface area contributed by atoms with Crippen LogP contribution in [0, 0.1) is 0 Å². The van der Waals surface area contributed by atoms with Gasteiger partial charge in [0.25, 0.3) is 5.91 Å². The number of nitrogens with zero attached hydrogens (tertiary/aromatic N) is 1. The van der Waals surface area contributed by atoms with Crippen LogP contribution < -0.4 is 0 Å². The molecular weight excluding hydrogens is 226 g/mol. The van der Waals surface area contributed by atoms with Crippen molar-refractivity contribution in [1.29, 1.82) is 0 Å². The van der Waals surface area contributed by atoms with Gasteiger partial charge in [-0.3, -0.25) is 4.79 Å². The Bertz CT molecular complexity index is 337. The van der Waals surface area contributed by atoms with Crippen LogP contribution in [0.15, 0.2) is 23.0 Å². The lowest BCUT2D eigenvalue weighted by atomic mass is 10.1. The van der Waals surface area contributed by atoms with E-state index in [-0.39, 0.29) is 5.91 Å². The Balaban J connectivity index is 1.99. The standard InChI is InChI=1S/C12H16ClNO2/c13-6-1-3-11-4-2-7-14(11)12(15)10-5-8-16-9-10/h5,8-9,11H,1-4,6-7H2. The molecule has 0 spiro atoms. The van der Waals surface area contributed by atoms with Crippen LogP contribution in [0.4, 0.5) is 0 Å². The molecule has 16 heavy (non-hydrogen) atoms. The summed E-state index contributed by atoms with van der Waals surface area (Å²) in [6, 6.07) is 2.08. The number of carbonyl (C=O) groups excluding carboxylic acids is 1. The number of carbonyl (C=O) groups is 1. The number of amides is 1. The molecule has 2 heterocycles. The van der Waals surface area contributed by atoms with E-state index in [4.69, 9.17) is 16.0 Å². The summed E-state index contributed by atoms with van der Waals surface area (Å²) < 4.78 is 4.94. The highest BCUT2D eigenvalue weighted by Gasteiger charge is 2.29. The largest absolute Gasteiger partial charge is 0.472 e. The summed E-state index contributed by atoms with van der Waals surface area (Å²) in [6.07, 6.45) is 7.22. The molecule has 1 atom stereocenters. The summed E-state index contributed by atoms with van der Waals surface area (Å²) in [5.41, 5.74) is 0.651. The topological polar surface area (TPSA) is 33.5 Å². The van der Waals surface area contributed by atoms with E-state index in [0.29, 0.717) is 17.5 Å². The van der Waals surface area contributed by atoms with E-state index in [0.717, 1.165) is 32.2 Å². The van der Waals surface area contributed by atoms with E-state index in [9.17, 15) is 4.79 Å². The van der Waals surface area contributed by atoms with Gasteiger partial charge >= 0.3 is 0 Å². The molecule has 0 bridgehead atoms. The van der Waals surface area contributed by atoms with Crippen molar-refractivity contribution in [2.75, 3.05) is 12.4 Å². The molecule has 1 fully saturated rings. The van der Waals surface area contributed by atoms with Crippen LogP contribution in [0.25, 0.3) is 0 Å². The SMILES string of the molecule is O=C(c1ccoc1)N1CCCC1CCCCl. The Kier molecular flexibility index (Phi) is 3.88. The van der Waals surface area contributed by atoms with E-state index in [2.05, 4.69) is 0 Å². The van der Waals surface area contributed by atoms with Gasteiger partial charge in [-0.1, -0.05) is 0 Å². The highest BCUT2D eigenvalue weighted by Crippen LogP contribution is 2.23. The first-order valence-corrected chi connectivity index (χ1v) is 6.25. The highest BCUT2D eigenvalue weighted by atomic mass is 35.5. The summed E-state index contributed by atoms with van der Waals surface area (Å²) in [7, 11) is 0. The fourth-order valence-corrected chi connectivity index (χ4v) is 2.42. The van der Waals surface area contributed by atoms with Crippen molar-refractivity contribution in [1.82, 2.24) is 4.90 Å². The van der Waals surface area contributed by atoms with E-state index in [1.807, 2.05) is 4.90 Å². The Morgan fingerprint density at radius 2 is 2.50 bits per heavy atom. The number of halogens is 1. The van der Waals surface area contributed by atoms with Crippen molar-refractivity contribution in [3.8, 4) is 0 Å². The molecule has 2 rings (SSSR count). The molecular formula is C12H16ClNO2. The second-order valence-corrected chi connectivity index (χ2v) is 4.52. The smallest absolute Gasteiger partial charge is 0.257 e. The van der Waals surface area contributed by atoms with E-state index < -0.39 is 0 Å². The number of rotatable bonds is 4. The number of furan rings is 1. The first-order valence-electron chi connectivity index (χ1n) is 5.72. The summed E-state index contributed by atoms with van der Waals surface area (Å²) >= 11 is 5.69. The third-order valence-electron chi connectivity index (χ3n) is 3.08. The van der Waals surface area contributed by atoms with Gasteiger partial charge in [-0.15, -0.1) is 11.6 Å². The molecule has 1 aliphatic rings. The molecule has 0 aromatic carbocycles. The summed E-state index contributed by atoms with van der Waals surface area (Å²) in [5.74, 6) is 0.760. The molecule has 1 amide bonds. The first kappa shape index (κ1) is 11.5. The summed E-state index contributed by atoms with van der Waals surface area (Å²) in [4.78, 5) is 14.1. The number of hydrogen-bond acceptors (Lipinski definition) is 2. The lowest BCUT2D eigenvalue weighted by Crippen LogP contribution is -2.35. The van der Waals surface area contributed by atoms with Crippen LogP contribution in [0.3, 0.4) is 0 Å². The average Bonchev–Trinajstić information content (AvgIpc) is 2.96. The molecule has 1 aromatic heterocycles. The number of alkyl halides is 1. The molecule has 1 saturated heterocycles. The van der Waals surface area contributed by atoms with Crippen molar-refractivity contribution in [2.45, 2.75) is 31.7 Å². The maximum absolute atomic E-state index is 12.1. The molecule has 0 aliphatic carbocycles. The molecule has 0 N–H and O–H groups in total. The van der Waals surface area contributed by atoms with Crippen molar-refractivity contribution in [3.63, 3.8) is 0 Å². The molecule has 1 aromatic rings. The van der Waals surface area contributed by atoms with Crippen molar-refractivity contribution in [2.24, 2.45) is 0 Å². The van der Waals surface area contributed by atoms with Crippen LogP contribution in [0.2, 0.25) is 0 Å². The fourth-order valence-electron chi connectivity index (χ4n) is 2.27. The Morgan fingerprint density at radius 3 is 3.19 bits per heavy atom. The monoisotopic (exact) mass is 241 g/mol. The highest BCUT2D eigenvalue weighted by molar-refractivity contribution is 6.17. The van der Waals surface area contributed by atoms with E-state index >= 15 is 0 Å². The van der Waals surface area contributed by atoms with Crippen LogP contribution in [0.5, 0.6) is 0 Å². The molecule has 0 radical (unpaired) electrons. The predicted molar refractivity (Wildman–Crippen MR) is 62.7 cm³/mol. The molecule has 1 aliphatic heterocycles. The third-order valence-corrected chi connectivity index (χ3v) is 3.34. The predicted octanol–water partition coefficient (Wildman–Crippen LogP) is 2.90. The first-order chi connectivity index (χ1) is 7.83. The maximum atomic E-state index is 12.1. The minimum Gasteiger partial charge on any atom is -0.472 e. The van der Waals surface area contributed by atoms with Crippen LogP contribution in [0.1, 0.15) is 36.0 Å². The normalized spacial score (nSPS) is 20.3. The summed E-state index contributed by atoms with van der Waals surface area (Å²) in [6.45, 7) is 0.858. The quantitative estimate of drug-likeness (QED) is 0.760. The minimum atomic E-state index is 0.0887. The van der Waals surface area contributed by atoms with E-state index in [1.165, 1.54) is 12.5 Å². The lowest BCUT2D eigenvalue weighted by Gasteiger charge is -2.23. The number of likely N-dealkylation sites (tertiary alicyclic amines) is 1. The van der Waals surface area contributed by atoms with Gasteiger partial charge in [0.1, 0.15) is 6.26 Å². The van der Waals surface area contributed by atoms with Crippen LogP contribution >= 0.6 is 11.6 Å². The van der Waals surface area contributed by atoms with Gasteiger partial charge in [-0.05, 0) is 31.7 Å². The maximum Gasteiger partial charge on any atom is 0.257 e. The van der Waals surface area contributed by atoms with E-state index in [1.54, 1.807) is 6.07 Å². The van der Waals surface area contributed by atoms with Gasteiger partial charge < -0.3 is 9.32 Å². The fraction of sp³-hybridized carbons (Fsp3) is 0.583. The zero-order valence-electron chi connectivity index (χ0n) is 9.19. The van der Waals surface area contributed by atoms with Gasteiger partial charge in [-0.25, -0.2) is 0 Å². The third kappa shape index (κ3) is 2.40. The molecule has 3 nitrogen and oxygen atoms in total. The van der Waals surface area contributed by atoms with Crippen molar-refractivity contribution in [3.05, 3.63) is 24.2 Å². The second kappa shape index (κ2) is 5.39. The molecule has 0 saturated carbocycles. The van der Waals surface area contributed by atoms with Gasteiger partial charge in [0, 0.05) is 18.5 Å². The Labute approximate surface area is 100 Å². The van der Waals surface area contributed by atoms with Crippen LogP contribution in [-0.4, -0.2) is 29.3 Å². The lowest BCUT2D eigenvalue weighted by molar-refractivity contribution is 0.0729. The zero-order chi connectivity index (χ0) is 11.4. The zero-order valence-corrected chi connectivity index (χ0v) is 9.95. The van der Waals surface area contributed by atoms with Gasteiger partial charge in [0.2, 0.25) is 0 Å². The average molecular weight is 242 g/mol. The molecule has 4 heteroatoms. The molecule has 1 unspecified atom stereocenters. The van der Waals surface area contributed by atoms with Gasteiger partial charge in [-0.2, -0.15) is 0 Å². The second-order valence-electron chi connectivity index (χ2n) is 4.14. The van der Waals surface area contributed by atoms with Gasteiger partial charge in [0.15, 0.2) is 0 Å². The Hall–Kier alpha value is -0.960. The van der Waals surface area contributed by atoms with Crippen LogP contribution in [-0.2, 0) is 0 Å². The number of hydrogen-bond donors (Lipinski definition) is 0. The Morgan fingerprint density at radius 1 is 1.62 bits per heavy atom. The summed E-state index contributed by atoms with van der Waals surface area (Å²) in [5, 5.41) is 0. The van der Waals surface area contributed by atoms with Gasteiger partial charge in [0.05, 0.1) is 11.8 Å². The van der Waals surface area contributed by atoms with Crippen molar-refractivity contribution < 1.29 is 9.21 Å². The minimum absolute atomic E-state index is 0.0887.